The van der Waals surface area contributed by atoms with Crippen molar-refractivity contribution in [1.82, 2.24) is 0 Å². The van der Waals surface area contributed by atoms with Gasteiger partial charge in [-0.15, -0.1) is 0 Å². The summed E-state index contributed by atoms with van der Waals surface area (Å²) in [6, 6.07) is 2.45. The summed E-state index contributed by atoms with van der Waals surface area (Å²) in [7, 11) is 0. The van der Waals surface area contributed by atoms with Crippen molar-refractivity contribution in [3.63, 3.8) is 0 Å². The molecule has 0 fully saturated rings. The molecule has 0 atom stereocenters. The standard InChI is InChI=1S/C11H11ClF2O2/c1-3-16-10-8(11(13)14)4-7(6(2)15)5-9(10)12/h4-5,11H,3H2,1-2H3. The fourth-order valence-electron chi connectivity index (χ4n) is 1.28. The van der Waals surface area contributed by atoms with E-state index in [4.69, 9.17) is 16.3 Å². The summed E-state index contributed by atoms with van der Waals surface area (Å²) in [6.45, 7) is 3.20. The van der Waals surface area contributed by atoms with E-state index in [0.29, 0.717) is 0 Å². The zero-order chi connectivity index (χ0) is 12.3. The first-order chi connectivity index (χ1) is 7.47. The molecule has 0 radical (unpaired) electrons. The zero-order valence-electron chi connectivity index (χ0n) is 8.89. The van der Waals surface area contributed by atoms with E-state index < -0.39 is 6.43 Å². The molecule has 2 nitrogen and oxygen atoms in total. The van der Waals surface area contributed by atoms with Crippen molar-refractivity contribution in [3.8, 4) is 5.75 Å². The van der Waals surface area contributed by atoms with E-state index in [1.807, 2.05) is 0 Å². The highest BCUT2D eigenvalue weighted by molar-refractivity contribution is 6.32. The van der Waals surface area contributed by atoms with Gasteiger partial charge in [0.15, 0.2) is 5.78 Å². The summed E-state index contributed by atoms with van der Waals surface area (Å²) >= 11 is 5.79. The molecule has 0 unspecified atom stereocenters. The van der Waals surface area contributed by atoms with Crippen LogP contribution in [0.2, 0.25) is 5.02 Å². The lowest BCUT2D eigenvalue weighted by Crippen LogP contribution is -2.01. The number of hydrogen-bond donors (Lipinski definition) is 0. The Balaban J connectivity index is 3.33. The molecule has 0 saturated heterocycles. The first-order valence-electron chi connectivity index (χ1n) is 4.72. The molecule has 0 aromatic heterocycles. The molecule has 0 aliphatic heterocycles. The fourth-order valence-corrected chi connectivity index (χ4v) is 1.56. The van der Waals surface area contributed by atoms with Crippen LogP contribution in [-0.2, 0) is 0 Å². The molecule has 0 aliphatic carbocycles. The Morgan fingerprint density at radius 1 is 1.50 bits per heavy atom. The minimum atomic E-state index is -2.72. The highest BCUT2D eigenvalue weighted by Gasteiger charge is 2.19. The topological polar surface area (TPSA) is 26.3 Å². The van der Waals surface area contributed by atoms with Gasteiger partial charge in [0.05, 0.1) is 17.2 Å². The number of ether oxygens (including phenoxy) is 1. The molecule has 0 aliphatic rings. The molecule has 88 valence electrons. The van der Waals surface area contributed by atoms with Gasteiger partial charge in [0.1, 0.15) is 5.75 Å². The highest BCUT2D eigenvalue weighted by atomic mass is 35.5. The Bertz CT molecular complexity index is 405. The number of alkyl halides is 2. The number of benzene rings is 1. The monoisotopic (exact) mass is 248 g/mol. The number of carbonyl (C=O) groups is 1. The van der Waals surface area contributed by atoms with Gasteiger partial charge in [-0.2, -0.15) is 0 Å². The molecule has 1 aromatic carbocycles. The molecule has 0 amide bonds. The molecule has 0 N–H and O–H groups in total. The Kier molecular flexibility index (Phi) is 4.24. The van der Waals surface area contributed by atoms with Crippen molar-refractivity contribution >= 4 is 17.4 Å². The largest absolute Gasteiger partial charge is 0.492 e. The van der Waals surface area contributed by atoms with Crippen molar-refractivity contribution in [2.24, 2.45) is 0 Å². The lowest BCUT2D eigenvalue weighted by atomic mass is 10.1. The van der Waals surface area contributed by atoms with Crippen LogP contribution in [0.5, 0.6) is 5.75 Å². The van der Waals surface area contributed by atoms with Crippen molar-refractivity contribution in [1.29, 1.82) is 0 Å². The van der Waals surface area contributed by atoms with Crippen LogP contribution in [0, 0.1) is 0 Å². The summed E-state index contributed by atoms with van der Waals surface area (Å²) in [4.78, 5) is 11.1. The number of carbonyl (C=O) groups excluding carboxylic acids is 1. The van der Waals surface area contributed by atoms with Gasteiger partial charge in [-0.1, -0.05) is 11.6 Å². The number of Topliss-reactive ketones (excluding diaryl/α,β-unsaturated/α-hetero) is 1. The molecule has 0 saturated carbocycles. The van der Waals surface area contributed by atoms with Crippen LogP contribution in [0.4, 0.5) is 8.78 Å². The number of halogens is 3. The van der Waals surface area contributed by atoms with Gasteiger partial charge in [0, 0.05) is 5.56 Å². The van der Waals surface area contributed by atoms with E-state index in [1.54, 1.807) is 6.92 Å². The van der Waals surface area contributed by atoms with Crippen molar-refractivity contribution < 1.29 is 18.3 Å². The molecule has 0 bridgehead atoms. The van der Waals surface area contributed by atoms with E-state index in [2.05, 4.69) is 0 Å². The molecule has 5 heteroatoms. The van der Waals surface area contributed by atoms with Crippen LogP contribution in [0.3, 0.4) is 0 Å². The molecular weight excluding hydrogens is 238 g/mol. The van der Waals surface area contributed by atoms with E-state index >= 15 is 0 Å². The van der Waals surface area contributed by atoms with Crippen LogP contribution in [-0.4, -0.2) is 12.4 Å². The second-order valence-electron chi connectivity index (χ2n) is 3.17. The number of rotatable bonds is 4. The van der Waals surface area contributed by atoms with Crippen LogP contribution in [0.15, 0.2) is 12.1 Å². The summed E-state index contributed by atoms with van der Waals surface area (Å²) in [5.41, 5.74) is -0.191. The Morgan fingerprint density at radius 2 is 2.12 bits per heavy atom. The zero-order valence-corrected chi connectivity index (χ0v) is 9.65. The lowest BCUT2D eigenvalue weighted by Gasteiger charge is -2.12. The molecule has 0 heterocycles. The summed E-state index contributed by atoms with van der Waals surface area (Å²) < 4.78 is 30.5. The average molecular weight is 249 g/mol. The predicted octanol–water partition coefficient (Wildman–Crippen LogP) is 3.88. The third-order valence-corrected chi connectivity index (χ3v) is 2.28. The molecular formula is C11H11ClF2O2. The third kappa shape index (κ3) is 2.70. The summed E-state index contributed by atoms with van der Waals surface area (Å²) in [6.07, 6.45) is -2.72. The second-order valence-corrected chi connectivity index (χ2v) is 3.57. The molecule has 1 aromatic rings. The Morgan fingerprint density at radius 3 is 2.56 bits per heavy atom. The van der Waals surface area contributed by atoms with Gasteiger partial charge >= 0.3 is 0 Å². The average Bonchev–Trinajstić information content (AvgIpc) is 2.20. The van der Waals surface area contributed by atoms with Gasteiger partial charge in [-0.25, -0.2) is 8.78 Å². The van der Waals surface area contributed by atoms with E-state index in [9.17, 15) is 13.6 Å². The maximum atomic E-state index is 12.7. The van der Waals surface area contributed by atoms with Gasteiger partial charge in [0.25, 0.3) is 6.43 Å². The van der Waals surface area contributed by atoms with Crippen LogP contribution >= 0.6 is 11.6 Å². The Hall–Kier alpha value is -1.16. The molecule has 0 spiro atoms. The maximum absolute atomic E-state index is 12.7. The smallest absolute Gasteiger partial charge is 0.267 e. The predicted molar refractivity (Wildman–Crippen MR) is 57.6 cm³/mol. The van der Waals surface area contributed by atoms with Gasteiger partial charge in [-0.05, 0) is 26.0 Å². The van der Waals surface area contributed by atoms with Crippen LogP contribution in [0.1, 0.15) is 36.2 Å². The van der Waals surface area contributed by atoms with Crippen molar-refractivity contribution in [2.45, 2.75) is 20.3 Å². The third-order valence-electron chi connectivity index (χ3n) is 2.00. The molecule has 1 rings (SSSR count). The minimum absolute atomic E-state index is 0.0323. The molecule has 16 heavy (non-hydrogen) atoms. The Labute approximate surface area is 97.2 Å². The fraction of sp³-hybridized carbons (Fsp3) is 0.364. The number of hydrogen-bond acceptors (Lipinski definition) is 2. The lowest BCUT2D eigenvalue weighted by molar-refractivity contribution is 0.101. The van der Waals surface area contributed by atoms with Crippen molar-refractivity contribution in [2.75, 3.05) is 6.61 Å². The van der Waals surface area contributed by atoms with Gasteiger partial charge in [-0.3, -0.25) is 4.79 Å². The van der Waals surface area contributed by atoms with E-state index in [0.717, 1.165) is 6.07 Å². The first kappa shape index (κ1) is 12.9. The van der Waals surface area contributed by atoms with E-state index in [-0.39, 0.29) is 34.3 Å². The number of ketones is 1. The van der Waals surface area contributed by atoms with Crippen LogP contribution in [0.25, 0.3) is 0 Å². The second kappa shape index (κ2) is 5.25. The summed E-state index contributed by atoms with van der Waals surface area (Å²) in [5.74, 6) is -0.365. The van der Waals surface area contributed by atoms with Crippen molar-refractivity contribution in [3.05, 3.63) is 28.3 Å². The van der Waals surface area contributed by atoms with Gasteiger partial charge in [0.2, 0.25) is 0 Å². The quantitative estimate of drug-likeness (QED) is 0.756. The summed E-state index contributed by atoms with van der Waals surface area (Å²) in [5, 5.41) is 0.0323. The van der Waals surface area contributed by atoms with Gasteiger partial charge < -0.3 is 4.74 Å². The highest BCUT2D eigenvalue weighted by Crippen LogP contribution is 2.36. The normalized spacial score (nSPS) is 10.6. The maximum Gasteiger partial charge on any atom is 0.267 e. The first-order valence-corrected chi connectivity index (χ1v) is 5.10. The SMILES string of the molecule is CCOc1c(Cl)cc(C(C)=O)cc1C(F)F. The van der Waals surface area contributed by atoms with E-state index in [1.165, 1.54) is 13.0 Å². The van der Waals surface area contributed by atoms with Crippen LogP contribution < -0.4 is 4.74 Å². The minimum Gasteiger partial charge on any atom is -0.492 e.